The van der Waals surface area contributed by atoms with Crippen LogP contribution in [0.15, 0.2) is 42.5 Å². The van der Waals surface area contributed by atoms with E-state index in [1.165, 1.54) is 32.4 Å². The zero-order valence-corrected chi connectivity index (χ0v) is 21.6. The highest BCUT2D eigenvalue weighted by Gasteiger charge is 2.26. The standard InChI is InChI=1S/C28H35N3O4.ClH/c32-27(22-7-9-26(10-8-22)35-16-4-13-29-11-2-1-3-12-29)31-20-24-6-5-23(19-25(24)21-31)28(33)30-14-17-34-18-15-30;/h5-10,19H,1-4,11-18,20-21H2;1H. The van der Waals surface area contributed by atoms with Gasteiger partial charge in [-0.2, -0.15) is 0 Å². The van der Waals surface area contributed by atoms with Gasteiger partial charge < -0.3 is 24.2 Å². The summed E-state index contributed by atoms with van der Waals surface area (Å²) in [7, 11) is 0. The van der Waals surface area contributed by atoms with Gasteiger partial charge in [0.25, 0.3) is 11.8 Å². The number of benzene rings is 2. The molecule has 0 aromatic heterocycles. The van der Waals surface area contributed by atoms with Crippen LogP contribution in [0.25, 0.3) is 0 Å². The summed E-state index contributed by atoms with van der Waals surface area (Å²) < 4.78 is 11.2. The van der Waals surface area contributed by atoms with Gasteiger partial charge in [-0.3, -0.25) is 9.59 Å². The summed E-state index contributed by atoms with van der Waals surface area (Å²) in [5, 5.41) is 0. The number of nitrogens with zero attached hydrogens (tertiary/aromatic N) is 3. The molecule has 36 heavy (non-hydrogen) atoms. The van der Waals surface area contributed by atoms with E-state index in [4.69, 9.17) is 9.47 Å². The van der Waals surface area contributed by atoms with Crippen LogP contribution in [0.1, 0.15) is 57.5 Å². The molecule has 194 valence electrons. The van der Waals surface area contributed by atoms with Crippen LogP contribution >= 0.6 is 12.4 Å². The molecule has 3 aliphatic rings. The number of amides is 2. The van der Waals surface area contributed by atoms with Crippen LogP contribution in [0.4, 0.5) is 0 Å². The highest BCUT2D eigenvalue weighted by molar-refractivity contribution is 5.96. The second-order valence-electron chi connectivity index (χ2n) is 9.68. The fraction of sp³-hybridized carbons (Fsp3) is 0.500. The third kappa shape index (κ3) is 6.38. The summed E-state index contributed by atoms with van der Waals surface area (Å²) in [6.07, 6.45) is 5.00. The quantitative estimate of drug-likeness (QED) is 0.524. The van der Waals surface area contributed by atoms with Crippen LogP contribution in [0, 0.1) is 0 Å². The maximum atomic E-state index is 13.1. The Morgan fingerprint density at radius 2 is 1.44 bits per heavy atom. The Labute approximate surface area is 219 Å². The average molecular weight is 514 g/mol. The number of ether oxygens (including phenoxy) is 2. The second kappa shape index (κ2) is 12.6. The van der Waals surface area contributed by atoms with Crippen LogP contribution in [-0.4, -0.2) is 79.1 Å². The Bertz CT molecular complexity index is 1030. The van der Waals surface area contributed by atoms with Crippen LogP contribution in [0.5, 0.6) is 5.75 Å². The summed E-state index contributed by atoms with van der Waals surface area (Å²) in [6, 6.07) is 13.3. The van der Waals surface area contributed by atoms with E-state index in [0.29, 0.717) is 57.1 Å². The van der Waals surface area contributed by atoms with Gasteiger partial charge in [-0.1, -0.05) is 12.5 Å². The van der Waals surface area contributed by atoms with Crippen LogP contribution in [0.2, 0.25) is 0 Å². The number of carbonyl (C=O) groups excluding carboxylic acids is 2. The number of fused-ring (bicyclic) bond motifs is 1. The van der Waals surface area contributed by atoms with Crippen LogP contribution in [-0.2, 0) is 17.8 Å². The Morgan fingerprint density at radius 1 is 0.778 bits per heavy atom. The molecule has 8 heteroatoms. The molecule has 2 aromatic carbocycles. The van der Waals surface area contributed by atoms with E-state index in [2.05, 4.69) is 4.90 Å². The normalized spacial score (nSPS) is 17.9. The van der Waals surface area contributed by atoms with Crippen molar-refractivity contribution < 1.29 is 19.1 Å². The minimum absolute atomic E-state index is 0. The monoisotopic (exact) mass is 513 g/mol. The lowest BCUT2D eigenvalue weighted by atomic mass is 10.1. The van der Waals surface area contributed by atoms with Crippen molar-refractivity contribution in [1.29, 1.82) is 0 Å². The van der Waals surface area contributed by atoms with E-state index in [0.717, 1.165) is 29.8 Å². The lowest BCUT2D eigenvalue weighted by molar-refractivity contribution is 0.0303. The number of carbonyl (C=O) groups is 2. The van der Waals surface area contributed by atoms with Crippen LogP contribution in [0.3, 0.4) is 0 Å². The summed E-state index contributed by atoms with van der Waals surface area (Å²) >= 11 is 0. The molecule has 0 radical (unpaired) electrons. The summed E-state index contributed by atoms with van der Waals surface area (Å²) in [6.45, 7) is 7.70. The molecular weight excluding hydrogens is 478 g/mol. The SMILES string of the molecule is Cl.O=C(c1ccc2c(c1)CN(C(=O)c1ccc(OCCCN3CCCCC3)cc1)C2)N1CCOCC1. The largest absolute Gasteiger partial charge is 0.494 e. The Hall–Kier alpha value is -2.61. The van der Waals surface area contributed by atoms with Crippen molar-refractivity contribution in [3.63, 3.8) is 0 Å². The molecule has 3 aliphatic heterocycles. The van der Waals surface area contributed by atoms with Gasteiger partial charge in [-0.15, -0.1) is 12.4 Å². The third-order valence-corrected chi connectivity index (χ3v) is 7.20. The lowest BCUT2D eigenvalue weighted by Gasteiger charge is -2.27. The Kier molecular flexibility index (Phi) is 9.24. The molecule has 5 rings (SSSR count). The molecule has 2 fully saturated rings. The fourth-order valence-corrected chi connectivity index (χ4v) is 5.16. The summed E-state index contributed by atoms with van der Waals surface area (Å²) in [5.74, 6) is 0.836. The van der Waals surface area contributed by atoms with Gasteiger partial charge in [0, 0.05) is 43.9 Å². The van der Waals surface area contributed by atoms with Gasteiger partial charge in [0.1, 0.15) is 5.75 Å². The topological polar surface area (TPSA) is 62.3 Å². The van der Waals surface area contributed by atoms with Crippen molar-refractivity contribution in [3.8, 4) is 5.75 Å². The van der Waals surface area contributed by atoms with Crippen molar-refractivity contribution in [3.05, 3.63) is 64.7 Å². The van der Waals surface area contributed by atoms with Gasteiger partial charge in [0.05, 0.1) is 19.8 Å². The van der Waals surface area contributed by atoms with Gasteiger partial charge in [0.15, 0.2) is 0 Å². The molecule has 2 amide bonds. The predicted octanol–water partition coefficient (Wildman–Crippen LogP) is 3.99. The molecule has 2 saturated heterocycles. The first kappa shape index (κ1) is 26.5. The number of hydrogen-bond donors (Lipinski definition) is 0. The predicted molar refractivity (Wildman–Crippen MR) is 141 cm³/mol. The number of rotatable bonds is 7. The van der Waals surface area contributed by atoms with Gasteiger partial charge in [0.2, 0.25) is 0 Å². The van der Waals surface area contributed by atoms with Crippen molar-refractivity contribution in [2.24, 2.45) is 0 Å². The number of hydrogen-bond acceptors (Lipinski definition) is 5. The first-order valence-corrected chi connectivity index (χ1v) is 12.9. The van der Waals surface area contributed by atoms with Gasteiger partial charge in [-0.25, -0.2) is 0 Å². The molecule has 0 aliphatic carbocycles. The van der Waals surface area contributed by atoms with E-state index in [-0.39, 0.29) is 24.2 Å². The minimum atomic E-state index is -0.00101. The lowest BCUT2D eigenvalue weighted by Crippen LogP contribution is -2.40. The van der Waals surface area contributed by atoms with Crippen molar-refractivity contribution >= 4 is 24.2 Å². The minimum Gasteiger partial charge on any atom is -0.494 e. The fourth-order valence-electron chi connectivity index (χ4n) is 5.16. The average Bonchev–Trinajstić information content (AvgIpc) is 3.35. The van der Waals surface area contributed by atoms with Crippen molar-refractivity contribution in [1.82, 2.24) is 14.7 Å². The molecule has 0 bridgehead atoms. The third-order valence-electron chi connectivity index (χ3n) is 7.20. The van der Waals surface area contributed by atoms with E-state index >= 15 is 0 Å². The van der Waals surface area contributed by atoms with Gasteiger partial charge >= 0.3 is 0 Å². The molecule has 7 nitrogen and oxygen atoms in total. The number of morpholine rings is 1. The zero-order chi connectivity index (χ0) is 24.0. The highest BCUT2D eigenvalue weighted by atomic mass is 35.5. The molecule has 0 saturated carbocycles. The number of likely N-dealkylation sites (tertiary alicyclic amines) is 1. The van der Waals surface area contributed by atoms with Crippen molar-refractivity contribution in [2.45, 2.75) is 38.8 Å². The maximum absolute atomic E-state index is 13.1. The molecule has 0 unspecified atom stereocenters. The Balaban J connectivity index is 0.00000304. The smallest absolute Gasteiger partial charge is 0.254 e. The maximum Gasteiger partial charge on any atom is 0.254 e. The zero-order valence-electron chi connectivity index (χ0n) is 20.8. The van der Waals surface area contributed by atoms with E-state index < -0.39 is 0 Å². The molecule has 0 atom stereocenters. The van der Waals surface area contributed by atoms with E-state index in [9.17, 15) is 9.59 Å². The number of piperidine rings is 1. The second-order valence-corrected chi connectivity index (χ2v) is 9.68. The Morgan fingerprint density at radius 3 is 2.19 bits per heavy atom. The molecule has 3 heterocycles. The van der Waals surface area contributed by atoms with Crippen molar-refractivity contribution in [2.75, 3.05) is 52.5 Å². The molecule has 0 spiro atoms. The summed E-state index contributed by atoms with van der Waals surface area (Å²) in [4.78, 5) is 32.1. The van der Waals surface area contributed by atoms with Gasteiger partial charge in [-0.05, 0) is 79.9 Å². The van der Waals surface area contributed by atoms with E-state index in [1.54, 1.807) is 0 Å². The molecule has 2 aromatic rings. The van der Waals surface area contributed by atoms with E-state index in [1.807, 2.05) is 52.3 Å². The van der Waals surface area contributed by atoms with Crippen LogP contribution < -0.4 is 4.74 Å². The molecular formula is C28H36ClN3O4. The summed E-state index contributed by atoms with van der Waals surface area (Å²) in [5.41, 5.74) is 3.49. The number of halogens is 1. The molecule has 0 N–H and O–H groups in total. The first-order valence-electron chi connectivity index (χ1n) is 12.9. The highest BCUT2D eigenvalue weighted by Crippen LogP contribution is 2.26. The first-order chi connectivity index (χ1) is 17.2.